The van der Waals surface area contributed by atoms with Crippen LogP contribution in [0.2, 0.25) is 5.02 Å². The first-order valence-corrected chi connectivity index (χ1v) is 12.7. The van der Waals surface area contributed by atoms with E-state index in [1.54, 1.807) is 7.11 Å². The number of aromatic nitrogens is 1. The smallest absolute Gasteiger partial charge is 0.497 e. The molecule has 0 atom stereocenters. The molecule has 1 saturated heterocycles. The first kappa shape index (κ1) is 29.1. The predicted octanol–water partition coefficient (Wildman–Crippen LogP) is 5.57. The van der Waals surface area contributed by atoms with Crippen molar-refractivity contribution in [2.24, 2.45) is 5.10 Å². The summed E-state index contributed by atoms with van der Waals surface area (Å²) in [6, 6.07) is 11.5. The molecule has 1 aromatic heterocycles. The van der Waals surface area contributed by atoms with Crippen molar-refractivity contribution in [2.45, 2.75) is 0 Å². The average Bonchev–Trinajstić information content (AvgIpc) is 3.64. The van der Waals surface area contributed by atoms with Gasteiger partial charge in [0.2, 0.25) is 0 Å². The second-order valence-electron chi connectivity index (χ2n) is 8.76. The maximum Gasteiger partial charge on any atom is 2.00 e. The van der Waals surface area contributed by atoms with Gasteiger partial charge in [-0.3, -0.25) is 10.3 Å². The van der Waals surface area contributed by atoms with E-state index in [4.69, 9.17) is 26.1 Å². The van der Waals surface area contributed by atoms with E-state index in [0.29, 0.717) is 5.02 Å². The summed E-state index contributed by atoms with van der Waals surface area (Å²) in [6.07, 6.45) is 18.2. The summed E-state index contributed by atoms with van der Waals surface area (Å²) in [6.45, 7) is 4.40. The van der Waals surface area contributed by atoms with Gasteiger partial charge in [0, 0.05) is 53.5 Å². The van der Waals surface area contributed by atoms with Crippen molar-refractivity contribution >= 4 is 45.3 Å². The molecule has 3 aliphatic rings. The van der Waals surface area contributed by atoms with E-state index in [0.717, 1.165) is 72.0 Å². The second-order valence-corrected chi connectivity index (χ2v) is 9.19. The molecule has 0 unspecified atom stereocenters. The molecule has 0 amide bonds. The normalized spacial score (nSPS) is 19.0. The largest absolute Gasteiger partial charge is 2.00 e. The first-order valence-electron chi connectivity index (χ1n) is 12.3. The van der Waals surface area contributed by atoms with Gasteiger partial charge in [0.05, 0.1) is 37.0 Å². The van der Waals surface area contributed by atoms with Crippen LogP contribution >= 0.6 is 11.6 Å². The predicted molar refractivity (Wildman–Crippen MR) is 151 cm³/mol. The van der Waals surface area contributed by atoms with E-state index in [1.165, 1.54) is 5.92 Å². The quantitative estimate of drug-likeness (QED) is 0.182. The van der Waals surface area contributed by atoms with Crippen molar-refractivity contribution in [3.05, 3.63) is 105 Å². The van der Waals surface area contributed by atoms with Gasteiger partial charge in [0.25, 0.3) is 0 Å². The fraction of sp³-hybridized carbons (Fsp3) is 0.200. The summed E-state index contributed by atoms with van der Waals surface area (Å²) in [7, 11) is 1.66. The van der Waals surface area contributed by atoms with Crippen molar-refractivity contribution in [1.82, 2.24) is 9.88 Å². The zero-order valence-corrected chi connectivity index (χ0v) is 22.9. The molecule has 194 valence electrons. The standard InChI is InChI=1S/C25H24ClN4O2.C5H5.Fe/c1-31-20-6-8-23-22(14-20)25(21-7-5-19(26)13-24(21)28-23)29-27-15-17-3-2-4-18(17)16-30-9-11-32-12-10-30;1-2-4-5-3-1;/h2-8,13-15H,9-12,16H2,1H3,(H,28,29);1-5H;/q;;+2/b27-15+;;. The molecule has 2 aliphatic carbocycles. The van der Waals surface area contributed by atoms with Crippen molar-refractivity contribution in [2.75, 3.05) is 45.4 Å². The number of benzene rings is 2. The molecule has 3 aromatic rings. The van der Waals surface area contributed by atoms with Gasteiger partial charge < -0.3 is 9.47 Å². The van der Waals surface area contributed by atoms with Crippen LogP contribution in [0, 0.1) is 63.2 Å². The van der Waals surface area contributed by atoms with E-state index in [-0.39, 0.29) is 17.1 Å². The molecule has 1 N–H and O–H groups in total. The Morgan fingerprint density at radius 1 is 0.974 bits per heavy atom. The second kappa shape index (κ2) is 14.5. The van der Waals surface area contributed by atoms with Crippen molar-refractivity contribution in [3.63, 3.8) is 0 Å². The minimum absolute atomic E-state index is 0. The summed E-state index contributed by atoms with van der Waals surface area (Å²) in [5.41, 5.74) is 5.80. The van der Waals surface area contributed by atoms with Crippen molar-refractivity contribution < 1.29 is 26.5 Å². The third-order valence-electron chi connectivity index (χ3n) is 6.32. The molecule has 0 bridgehead atoms. The van der Waals surface area contributed by atoms with E-state index < -0.39 is 0 Å². The number of nitrogens with one attached hydrogen (secondary N) is 1. The first-order chi connectivity index (χ1) is 18.2. The van der Waals surface area contributed by atoms with Crippen LogP contribution in [0.5, 0.6) is 5.75 Å². The minimum Gasteiger partial charge on any atom is -0.497 e. The van der Waals surface area contributed by atoms with Crippen LogP contribution in [0.4, 0.5) is 5.69 Å². The summed E-state index contributed by atoms with van der Waals surface area (Å²) < 4.78 is 10.9. The zero-order valence-electron chi connectivity index (χ0n) is 21.1. The minimum atomic E-state index is 0. The Hall–Kier alpha value is -1.89. The molecular formula is C30H29ClFeN4O2+2. The fourth-order valence-electron chi connectivity index (χ4n) is 4.37. The summed E-state index contributed by atoms with van der Waals surface area (Å²) in [5, 5.41) is 7.13. The molecule has 8 heteroatoms. The third-order valence-corrected chi connectivity index (χ3v) is 6.56. The van der Waals surface area contributed by atoms with Crippen LogP contribution in [-0.2, 0) is 21.8 Å². The van der Waals surface area contributed by atoms with Gasteiger partial charge in [-0.05, 0) is 87.8 Å². The zero-order chi connectivity index (χ0) is 25.5. The molecular weight excluding hydrogens is 540 g/mol. The van der Waals surface area contributed by atoms with Gasteiger partial charge >= 0.3 is 17.1 Å². The molecule has 38 heavy (non-hydrogen) atoms. The third kappa shape index (κ3) is 7.39. The number of methoxy groups -OCH3 is 1. The van der Waals surface area contributed by atoms with Gasteiger partial charge in [-0.2, -0.15) is 5.10 Å². The van der Waals surface area contributed by atoms with Crippen LogP contribution in [0.25, 0.3) is 21.8 Å². The fourth-order valence-corrected chi connectivity index (χ4v) is 4.54. The van der Waals surface area contributed by atoms with Gasteiger partial charge in [0.15, 0.2) is 0 Å². The number of hydrogen-bond donors (Lipinski definition) is 1. The van der Waals surface area contributed by atoms with E-state index >= 15 is 0 Å². The number of hydrazone groups is 1. The Bertz CT molecular complexity index is 1210. The molecule has 6 nitrogen and oxygen atoms in total. The van der Waals surface area contributed by atoms with Crippen LogP contribution in [0.3, 0.4) is 0 Å². The Morgan fingerprint density at radius 2 is 1.74 bits per heavy atom. The van der Waals surface area contributed by atoms with E-state index in [1.807, 2.05) is 74.7 Å². The van der Waals surface area contributed by atoms with Crippen molar-refractivity contribution in [1.29, 1.82) is 0 Å². The maximum atomic E-state index is 6.22. The Morgan fingerprint density at radius 3 is 2.47 bits per heavy atom. The molecule has 2 saturated carbocycles. The maximum absolute atomic E-state index is 6.22. The number of fused-ring (bicyclic) bond motifs is 2. The molecule has 0 spiro atoms. The van der Waals surface area contributed by atoms with Crippen molar-refractivity contribution in [3.8, 4) is 5.75 Å². The van der Waals surface area contributed by atoms with E-state index in [2.05, 4.69) is 34.7 Å². The van der Waals surface area contributed by atoms with Gasteiger partial charge in [-0.15, -0.1) is 0 Å². The van der Waals surface area contributed by atoms with Gasteiger partial charge in [0.1, 0.15) is 5.75 Å². The molecule has 10 radical (unpaired) electrons. The van der Waals surface area contributed by atoms with Crippen LogP contribution in [0.15, 0.2) is 41.5 Å². The number of hydrogen-bond acceptors (Lipinski definition) is 6. The number of anilines is 1. The van der Waals surface area contributed by atoms with Crippen LogP contribution < -0.4 is 10.2 Å². The molecule has 2 heterocycles. The summed E-state index contributed by atoms with van der Waals surface area (Å²) >= 11 is 6.22. The molecule has 3 fully saturated rings. The Kier molecular flexibility index (Phi) is 11.1. The van der Waals surface area contributed by atoms with Gasteiger partial charge in [-0.1, -0.05) is 11.6 Å². The SMILES string of the molecule is COc1ccc2nc3cc(Cl)ccc3c(N/N=C/[C]3[CH][CH][CH][C]3CN3CCOCC3)c2c1.[CH]1[CH][CH][CH][CH]1.[Fe+2]. The monoisotopic (exact) mass is 568 g/mol. The molecule has 1 aliphatic heterocycles. The molecule has 6 rings (SSSR count). The number of ether oxygens (including phenoxy) is 2. The number of halogens is 1. The topological polar surface area (TPSA) is 59.0 Å². The van der Waals surface area contributed by atoms with E-state index in [9.17, 15) is 0 Å². The molecule has 2 aromatic carbocycles. The number of morpholine rings is 1. The Balaban J connectivity index is 0.000000504. The van der Waals surface area contributed by atoms with Crippen LogP contribution in [-0.4, -0.2) is 56.1 Å². The Labute approximate surface area is 242 Å². The number of nitrogens with zero attached hydrogens (tertiary/aromatic N) is 3. The number of pyridine rings is 1. The summed E-state index contributed by atoms with van der Waals surface area (Å²) in [4.78, 5) is 7.17. The van der Waals surface area contributed by atoms with Gasteiger partial charge in [-0.25, -0.2) is 4.98 Å². The van der Waals surface area contributed by atoms with Crippen LogP contribution in [0.1, 0.15) is 0 Å². The summed E-state index contributed by atoms with van der Waals surface area (Å²) in [5.74, 6) is 3.13. The average molecular weight is 569 g/mol. The number of rotatable bonds is 6.